The molecule has 0 aromatic heterocycles. The highest BCUT2D eigenvalue weighted by atomic mass is 16.4. The summed E-state index contributed by atoms with van der Waals surface area (Å²) in [6.45, 7) is 3.39. The van der Waals surface area contributed by atoms with Crippen molar-refractivity contribution < 1.29 is 9.90 Å². The minimum atomic E-state index is -0.673. The van der Waals surface area contributed by atoms with E-state index in [2.05, 4.69) is 10.2 Å². The van der Waals surface area contributed by atoms with Gasteiger partial charge in [0, 0.05) is 26.2 Å². The fraction of sp³-hybridized carbons (Fsp3) is 0.929. The minimum Gasteiger partial charge on any atom is -0.480 e. The first-order valence-electron chi connectivity index (χ1n) is 7.45. The van der Waals surface area contributed by atoms with Crippen molar-refractivity contribution in [1.82, 2.24) is 10.2 Å². The quantitative estimate of drug-likeness (QED) is 0.805. The highest BCUT2D eigenvalue weighted by Crippen LogP contribution is 2.24. The first-order valence-corrected chi connectivity index (χ1v) is 7.45. The SMILES string of the molecule is O=C(O)C1CNCCN1CC1CCCCCCC1. The number of aliphatic carboxylic acids is 1. The summed E-state index contributed by atoms with van der Waals surface area (Å²) in [4.78, 5) is 13.4. The summed E-state index contributed by atoms with van der Waals surface area (Å²) in [5, 5.41) is 12.4. The monoisotopic (exact) mass is 254 g/mol. The lowest BCUT2D eigenvalue weighted by Gasteiger charge is -2.36. The van der Waals surface area contributed by atoms with E-state index in [4.69, 9.17) is 0 Å². The van der Waals surface area contributed by atoms with Crippen LogP contribution in [0.25, 0.3) is 0 Å². The molecule has 4 heteroatoms. The molecule has 1 saturated heterocycles. The highest BCUT2D eigenvalue weighted by molar-refractivity contribution is 5.73. The maximum Gasteiger partial charge on any atom is 0.322 e. The van der Waals surface area contributed by atoms with Crippen molar-refractivity contribution in [2.75, 3.05) is 26.2 Å². The second-order valence-corrected chi connectivity index (χ2v) is 5.76. The van der Waals surface area contributed by atoms with Crippen molar-refractivity contribution in [3.05, 3.63) is 0 Å². The molecule has 0 amide bonds. The van der Waals surface area contributed by atoms with Crippen LogP contribution in [0.4, 0.5) is 0 Å². The Kier molecular flexibility index (Phi) is 5.45. The van der Waals surface area contributed by atoms with E-state index in [0.717, 1.165) is 19.6 Å². The zero-order chi connectivity index (χ0) is 12.8. The Balaban J connectivity index is 1.86. The van der Waals surface area contributed by atoms with E-state index in [1.807, 2.05) is 0 Å². The fourth-order valence-corrected chi connectivity index (χ4v) is 3.26. The van der Waals surface area contributed by atoms with E-state index in [0.29, 0.717) is 12.5 Å². The van der Waals surface area contributed by atoms with Crippen LogP contribution < -0.4 is 5.32 Å². The van der Waals surface area contributed by atoms with Crippen LogP contribution in [-0.4, -0.2) is 48.2 Å². The summed E-state index contributed by atoms with van der Waals surface area (Å²) >= 11 is 0. The van der Waals surface area contributed by atoms with Gasteiger partial charge in [-0.2, -0.15) is 0 Å². The van der Waals surface area contributed by atoms with Crippen LogP contribution in [0.15, 0.2) is 0 Å². The number of nitrogens with zero attached hydrogens (tertiary/aromatic N) is 1. The number of carboxylic acid groups (broad SMARTS) is 1. The Morgan fingerprint density at radius 3 is 2.50 bits per heavy atom. The number of rotatable bonds is 3. The van der Waals surface area contributed by atoms with Crippen LogP contribution in [-0.2, 0) is 4.79 Å². The van der Waals surface area contributed by atoms with Crippen molar-refractivity contribution in [1.29, 1.82) is 0 Å². The average Bonchev–Trinajstić information content (AvgIpc) is 2.33. The van der Waals surface area contributed by atoms with Gasteiger partial charge in [0.15, 0.2) is 0 Å². The molecule has 0 radical (unpaired) electrons. The minimum absolute atomic E-state index is 0.316. The molecule has 0 aromatic rings. The summed E-state index contributed by atoms with van der Waals surface area (Å²) in [6, 6.07) is -0.316. The Bertz CT molecular complexity index is 263. The summed E-state index contributed by atoms with van der Waals surface area (Å²) in [7, 11) is 0. The van der Waals surface area contributed by atoms with Gasteiger partial charge in [0.1, 0.15) is 6.04 Å². The number of carboxylic acids is 1. The van der Waals surface area contributed by atoms with Crippen molar-refractivity contribution in [2.45, 2.75) is 51.0 Å². The summed E-state index contributed by atoms with van der Waals surface area (Å²) in [5.74, 6) is 0.0401. The maximum atomic E-state index is 11.2. The molecule has 2 fully saturated rings. The second-order valence-electron chi connectivity index (χ2n) is 5.76. The van der Waals surface area contributed by atoms with Gasteiger partial charge in [-0.3, -0.25) is 9.69 Å². The predicted octanol–water partition coefficient (Wildman–Crippen LogP) is 1.71. The lowest BCUT2D eigenvalue weighted by atomic mass is 9.90. The van der Waals surface area contributed by atoms with E-state index in [1.54, 1.807) is 0 Å². The number of hydrogen-bond donors (Lipinski definition) is 2. The molecule has 18 heavy (non-hydrogen) atoms. The molecule has 1 aliphatic heterocycles. The molecule has 1 atom stereocenters. The van der Waals surface area contributed by atoms with Gasteiger partial charge in [-0.15, -0.1) is 0 Å². The molecule has 1 saturated carbocycles. The van der Waals surface area contributed by atoms with Crippen molar-refractivity contribution in [3.8, 4) is 0 Å². The lowest BCUT2D eigenvalue weighted by Crippen LogP contribution is -2.56. The van der Waals surface area contributed by atoms with Crippen LogP contribution in [0.2, 0.25) is 0 Å². The van der Waals surface area contributed by atoms with Gasteiger partial charge in [-0.25, -0.2) is 0 Å². The number of nitrogens with one attached hydrogen (secondary N) is 1. The van der Waals surface area contributed by atoms with Crippen molar-refractivity contribution >= 4 is 5.97 Å². The molecule has 104 valence electrons. The molecule has 0 spiro atoms. The number of hydrogen-bond acceptors (Lipinski definition) is 3. The predicted molar refractivity (Wildman–Crippen MR) is 71.7 cm³/mol. The third-order valence-electron chi connectivity index (χ3n) is 4.36. The van der Waals surface area contributed by atoms with Crippen LogP contribution in [0.3, 0.4) is 0 Å². The van der Waals surface area contributed by atoms with Crippen LogP contribution >= 0.6 is 0 Å². The van der Waals surface area contributed by atoms with E-state index < -0.39 is 5.97 Å². The fourth-order valence-electron chi connectivity index (χ4n) is 3.26. The van der Waals surface area contributed by atoms with E-state index in [-0.39, 0.29) is 6.04 Å². The molecule has 1 aliphatic carbocycles. The number of piperazine rings is 1. The molecule has 1 heterocycles. The molecule has 2 aliphatic rings. The first kappa shape index (κ1) is 13.8. The Hall–Kier alpha value is -0.610. The van der Waals surface area contributed by atoms with Gasteiger partial charge < -0.3 is 10.4 Å². The Labute approximate surface area is 110 Å². The average molecular weight is 254 g/mol. The van der Waals surface area contributed by atoms with Gasteiger partial charge in [-0.1, -0.05) is 32.1 Å². The molecule has 0 aromatic carbocycles. The number of carbonyl (C=O) groups is 1. The normalized spacial score (nSPS) is 28.6. The molecule has 0 bridgehead atoms. The van der Waals surface area contributed by atoms with Gasteiger partial charge in [0.25, 0.3) is 0 Å². The Morgan fingerprint density at radius 1 is 1.17 bits per heavy atom. The van der Waals surface area contributed by atoms with Crippen LogP contribution in [0.1, 0.15) is 44.9 Å². The summed E-state index contributed by atoms with van der Waals surface area (Å²) in [5.41, 5.74) is 0. The van der Waals surface area contributed by atoms with Crippen molar-refractivity contribution in [2.24, 2.45) is 5.92 Å². The third-order valence-corrected chi connectivity index (χ3v) is 4.36. The highest BCUT2D eigenvalue weighted by Gasteiger charge is 2.29. The van der Waals surface area contributed by atoms with Gasteiger partial charge >= 0.3 is 5.97 Å². The van der Waals surface area contributed by atoms with E-state index >= 15 is 0 Å². The zero-order valence-corrected chi connectivity index (χ0v) is 11.2. The topological polar surface area (TPSA) is 52.6 Å². The molecule has 2 N–H and O–H groups in total. The molecule has 4 nitrogen and oxygen atoms in total. The van der Waals surface area contributed by atoms with E-state index in [9.17, 15) is 9.90 Å². The molecule has 1 unspecified atom stereocenters. The molecular formula is C14H26N2O2. The second kappa shape index (κ2) is 7.10. The maximum absolute atomic E-state index is 11.2. The smallest absolute Gasteiger partial charge is 0.322 e. The Morgan fingerprint density at radius 2 is 1.83 bits per heavy atom. The van der Waals surface area contributed by atoms with Crippen LogP contribution in [0.5, 0.6) is 0 Å². The van der Waals surface area contributed by atoms with Gasteiger partial charge in [0.05, 0.1) is 0 Å². The van der Waals surface area contributed by atoms with Gasteiger partial charge in [0.2, 0.25) is 0 Å². The standard InChI is InChI=1S/C14H26N2O2/c17-14(18)13-10-15-8-9-16(13)11-12-6-4-2-1-3-5-7-12/h12-13,15H,1-11H2,(H,17,18). The van der Waals surface area contributed by atoms with E-state index in [1.165, 1.54) is 44.9 Å². The third kappa shape index (κ3) is 3.95. The molecular weight excluding hydrogens is 228 g/mol. The van der Waals surface area contributed by atoms with Gasteiger partial charge in [-0.05, 0) is 18.8 Å². The van der Waals surface area contributed by atoms with Crippen LogP contribution in [0, 0.1) is 5.92 Å². The zero-order valence-electron chi connectivity index (χ0n) is 11.2. The molecule has 2 rings (SSSR count). The van der Waals surface area contributed by atoms with Crippen molar-refractivity contribution in [3.63, 3.8) is 0 Å². The first-order chi connectivity index (χ1) is 8.77. The lowest BCUT2D eigenvalue weighted by molar-refractivity contribution is -0.144. The largest absolute Gasteiger partial charge is 0.480 e. The summed E-state index contributed by atoms with van der Waals surface area (Å²) < 4.78 is 0. The summed E-state index contributed by atoms with van der Waals surface area (Å²) in [6.07, 6.45) is 9.34.